The monoisotopic (exact) mass is 497 g/mol. The van der Waals surface area contributed by atoms with Crippen LogP contribution in [0.25, 0.3) is 21.3 Å². The summed E-state index contributed by atoms with van der Waals surface area (Å²) >= 11 is 1.81. The van der Waals surface area contributed by atoms with Crippen LogP contribution in [0, 0.1) is 6.92 Å². The smallest absolute Gasteiger partial charge is 0.364 e. The van der Waals surface area contributed by atoms with Gasteiger partial charge in [-0.25, -0.2) is 4.98 Å². The van der Waals surface area contributed by atoms with E-state index in [2.05, 4.69) is 25.1 Å². The molecule has 0 aliphatic carbocycles. The molecule has 0 fully saturated rings. The molecule has 5 nitrogen and oxygen atoms in total. The average Bonchev–Trinajstić information content (AvgIpc) is 3.05. The number of carbonyl (C=O) groups is 1. The summed E-state index contributed by atoms with van der Waals surface area (Å²) in [5, 5.41) is 16.8. The molecule has 2 aliphatic rings. The fourth-order valence-corrected chi connectivity index (χ4v) is 5.78. The van der Waals surface area contributed by atoms with Crippen molar-refractivity contribution in [2.75, 3.05) is 13.7 Å². The van der Waals surface area contributed by atoms with Crippen LogP contribution >= 0.6 is 11.3 Å². The van der Waals surface area contributed by atoms with Crippen molar-refractivity contribution >= 4 is 45.7 Å². The summed E-state index contributed by atoms with van der Waals surface area (Å²) in [7, 11) is 1.00. The molecule has 190 valence electrons. The van der Waals surface area contributed by atoms with Gasteiger partial charge >= 0.3 is 6.92 Å². The number of hydrogen-bond donors (Lipinski definition) is 2. The van der Waals surface area contributed by atoms with Gasteiger partial charge in [-0.3, -0.25) is 0 Å². The van der Waals surface area contributed by atoms with Crippen molar-refractivity contribution in [2.24, 2.45) is 0 Å². The standard InChI is InChI=1S/C21H20BNO2S.C4H10O.C2H6.CH4O/c1-3-13-6-7-15-16(11-13)22-20-17(5-4-10-25-22)26-21-19(20)18(15)14(8-9-24)12(2)23-21;1-4(2,3)5;2*1-2/h6-7,9,11H,3-5,8,10H2,1-2H3;5H,1-3H3;1-2H3;2H,1H3. The number of carbonyl (C=O) groups excluding carboxylic acids is 1. The predicted molar refractivity (Wildman–Crippen MR) is 150 cm³/mol. The van der Waals surface area contributed by atoms with Crippen molar-refractivity contribution in [3.63, 3.8) is 0 Å². The molecule has 7 heteroatoms. The number of nitrogens with zero attached hydrogens (tertiary/aromatic N) is 1. The second-order valence-electron chi connectivity index (χ2n) is 9.34. The van der Waals surface area contributed by atoms with Crippen molar-refractivity contribution in [1.82, 2.24) is 4.98 Å². The first kappa shape index (κ1) is 29.2. The minimum Gasteiger partial charge on any atom is -0.427 e. The molecule has 2 aliphatic heterocycles. The lowest BCUT2D eigenvalue weighted by Crippen LogP contribution is -2.48. The Morgan fingerprint density at radius 2 is 1.89 bits per heavy atom. The Labute approximate surface area is 214 Å². The van der Waals surface area contributed by atoms with Crippen LogP contribution < -0.4 is 10.9 Å². The van der Waals surface area contributed by atoms with Gasteiger partial charge in [-0.05, 0) is 80.1 Å². The molecule has 3 aromatic rings. The van der Waals surface area contributed by atoms with Crippen molar-refractivity contribution in [2.45, 2.75) is 79.8 Å². The van der Waals surface area contributed by atoms with E-state index in [0.29, 0.717) is 6.42 Å². The van der Waals surface area contributed by atoms with Gasteiger partial charge in [-0.2, -0.15) is 0 Å². The molecule has 0 saturated carbocycles. The summed E-state index contributed by atoms with van der Waals surface area (Å²) in [5.74, 6) is 0. The van der Waals surface area contributed by atoms with E-state index in [1.54, 1.807) is 20.8 Å². The maximum atomic E-state index is 11.4. The van der Waals surface area contributed by atoms with Gasteiger partial charge in [0.15, 0.2) is 0 Å². The zero-order valence-corrected chi connectivity index (χ0v) is 23.3. The van der Waals surface area contributed by atoms with Crippen LogP contribution in [0.1, 0.15) is 69.7 Å². The van der Waals surface area contributed by atoms with Gasteiger partial charge in [0.2, 0.25) is 0 Å². The highest BCUT2D eigenvalue weighted by molar-refractivity contribution is 7.21. The van der Waals surface area contributed by atoms with Gasteiger partial charge in [0, 0.05) is 36.1 Å². The van der Waals surface area contributed by atoms with Crippen molar-refractivity contribution < 1.29 is 19.7 Å². The zero-order valence-electron chi connectivity index (χ0n) is 22.5. The van der Waals surface area contributed by atoms with Gasteiger partial charge in [0.1, 0.15) is 11.1 Å². The molecule has 0 atom stereocenters. The zero-order chi connectivity index (χ0) is 26.3. The minimum atomic E-state index is -0.500. The Kier molecular flexibility index (Phi) is 10.6. The number of aryl methyl sites for hydroxylation is 3. The Balaban J connectivity index is 0.000000423. The number of aromatic nitrogens is 1. The summed E-state index contributed by atoms with van der Waals surface area (Å²) in [5.41, 5.74) is 7.89. The molecule has 0 saturated heterocycles. The number of aliphatic hydroxyl groups is 2. The largest absolute Gasteiger partial charge is 0.427 e. The molecule has 0 amide bonds. The SMILES string of the molecule is CC.CC(C)(C)O.CCc1ccc2c(c1)B1OCCCc3sc4nc(C)c(CC=O)c-2c4c31.CO. The molecule has 4 heterocycles. The number of pyridine rings is 1. The Morgan fingerprint density at radius 3 is 2.49 bits per heavy atom. The molecule has 0 unspecified atom stereocenters. The van der Waals surface area contributed by atoms with Crippen LogP contribution in [0.15, 0.2) is 18.2 Å². The summed E-state index contributed by atoms with van der Waals surface area (Å²) < 4.78 is 6.36. The molecular weight excluding hydrogens is 457 g/mol. The lowest BCUT2D eigenvalue weighted by molar-refractivity contribution is -0.107. The van der Waals surface area contributed by atoms with Crippen molar-refractivity contribution in [1.29, 1.82) is 0 Å². The molecule has 2 N–H and O–H groups in total. The van der Waals surface area contributed by atoms with Gasteiger partial charge in [0.05, 0.1) is 5.60 Å². The van der Waals surface area contributed by atoms with Crippen LogP contribution in [0.5, 0.6) is 0 Å². The molecule has 0 spiro atoms. The number of benzene rings is 1. The Hall–Kier alpha value is -2.06. The van der Waals surface area contributed by atoms with E-state index < -0.39 is 5.60 Å². The third-order valence-corrected chi connectivity index (χ3v) is 6.88. The van der Waals surface area contributed by atoms with E-state index >= 15 is 0 Å². The quantitative estimate of drug-likeness (QED) is 0.415. The van der Waals surface area contributed by atoms with E-state index in [4.69, 9.17) is 19.9 Å². The third-order valence-electron chi connectivity index (χ3n) is 5.72. The van der Waals surface area contributed by atoms with E-state index in [1.165, 1.54) is 37.9 Å². The molecule has 35 heavy (non-hydrogen) atoms. The molecule has 1 aromatic carbocycles. The third kappa shape index (κ3) is 6.39. The Morgan fingerprint density at radius 1 is 1.23 bits per heavy atom. The summed E-state index contributed by atoms with van der Waals surface area (Å²) in [6.45, 7) is 14.2. The number of aliphatic hydroxyl groups excluding tert-OH is 1. The second-order valence-corrected chi connectivity index (χ2v) is 10.4. The minimum absolute atomic E-state index is 0.00355. The summed E-state index contributed by atoms with van der Waals surface area (Å²) in [6, 6.07) is 6.74. The molecule has 0 radical (unpaired) electrons. The number of rotatable bonds is 3. The molecule has 2 aromatic heterocycles. The van der Waals surface area contributed by atoms with Gasteiger partial charge in [-0.15, -0.1) is 11.3 Å². The number of thiophene rings is 1. The lowest BCUT2D eigenvalue weighted by atomic mass is 9.49. The van der Waals surface area contributed by atoms with E-state index in [-0.39, 0.29) is 6.92 Å². The summed E-state index contributed by atoms with van der Waals surface area (Å²) in [6.07, 6.45) is 4.52. The van der Waals surface area contributed by atoms with Crippen molar-refractivity contribution in [3.8, 4) is 11.1 Å². The van der Waals surface area contributed by atoms with E-state index in [9.17, 15) is 4.79 Å². The van der Waals surface area contributed by atoms with Gasteiger partial charge in [0.25, 0.3) is 0 Å². The van der Waals surface area contributed by atoms with Gasteiger partial charge < -0.3 is 19.7 Å². The first-order valence-electron chi connectivity index (χ1n) is 12.5. The van der Waals surface area contributed by atoms with Crippen LogP contribution in [0.4, 0.5) is 0 Å². The fourth-order valence-electron chi connectivity index (χ4n) is 4.48. The number of hydrogen-bond acceptors (Lipinski definition) is 6. The number of aldehydes is 1. The normalized spacial score (nSPS) is 13.3. The topological polar surface area (TPSA) is 79.7 Å². The van der Waals surface area contributed by atoms with Crippen LogP contribution in [-0.2, 0) is 28.7 Å². The van der Waals surface area contributed by atoms with Crippen LogP contribution in [0.2, 0.25) is 0 Å². The van der Waals surface area contributed by atoms with Crippen molar-refractivity contribution in [3.05, 3.63) is 39.9 Å². The predicted octanol–water partition coefficient (Wildman–Crippen LogP) is 4.37. The second kappa shape index (κ2) is 12.8. The molecule has 5 rings (SSSR count). The first-order chi connectivity index (χ1) is 16.7. The maximum absolute atomic E-state index is 11.4. The highest BCUT2D eigenvalue weighted by atomic mass is 32.1. The fraction of sp³-hybridized carbons (Fsp3) is 0.500. The van der Waals surface area contributed by atoms with Crippen LogP contribution in [-0.4, -0.2) is 47.7 Å². The molecular formula is C28H40BNO4S. The highest BCUT2D eigenvalue weighted by Gasteiger charge is 2.38. The summed E-state index contributed by atoms with van der Waals surface area (Å²) in [4.78, 5) is 18.8. The first-order valence-corrected chi connectivity index (χ1v) is 13.3. The van der Waals surface area contributed by atoms with Crippen LogP contribution in [0.3, 0.4) is 0 Å². The van der Waals surface area contributed by atoms with E-state index in [0.717, 1.165) is 55.4 Å². The lowest BCUT2D eigenvalue weighted by Gasteiger charge is -2.26. The van der Waals surface area contributed by atoms with E-state index in [1.807, 2.05) is 32.1 Å². The highest BCUT2D eigenvalue weighted by Crippen LogP contribution is 2.39. The Bertz CT molecular complexity index is 1140. The average molecular weight is 498 g/mol. The number of fused-ring (bicyclic) bond motifs is 3. The maximum Gasteiger partial charge on any atom is 0.364 e. The van der Waals surface area contributed by atoms with Gasteiger partial charge in [-0.1, -0.05) is 39.0 Å². The molecule has 0 bridgehead atoms.